The van der Waals surface area contributed by atoms with Crippen LogP contribution in [0.4, 0.5) is 0 Å². The predicted molar refractivity (Wildman–Crippen MR) is 141 cm³/mol. The molecule has 182 valence electrons. The van der Waals surface area contributed by atoms with E-state index in [9.17, 15) is 9.59 Å². The number of rotatable bonds is 7. The van der Waals surface area contributed by atoms with Crippen molar-refractivity contribution in [1.29, 1.82) is 0 Å². The molecule has 0 radical (unpaired) electrons. The van der Waals surface area contributed by atoms with Gasteiger partial charge in [0, 0.05) is 18.3 Å². The molecule has 0 saturated heterocycles. The molecule has 3 heterocycles. The lowest BCUT2D eigenvalue weighted by Gasteiger charge is -2.27. The number of hydrogen-bond acceptors (Lipinski definition) is 5. The van der Waals surface area contributed by atoms with Crippen LogP contribution in [0.3, 0.4) is 0 Å². The molecule has 0 saturated carbocycles. The molecule has 1 aromatic carbocycles. The second-order valence-corrected chi connectivity index (χ2v) is 11.0. The zero-order chi connectivity index (χ0) is 25.2. The molecule has 4 aromatic rings. The number of fused-ring (bicyclic) bond motifs is 1. The predicted octanol–water partition coefficient (Wildman–Crippen LogP) is 5.21. The van der Waals surface area contributed by atoms with Crippen molar-refractivity contribution in [2.24, 2.45) is 5.41 Å². The van der Waals surface area contributed by atoms with Gasteiger partial charge in [0.05, 0.1) is 27.2 Å². The Morgan fingerprint density at radius 3 is 2.49 bits per heavy atom. The van der Waals surface area contributed by atoms with E-state index in [1.54, 1.807) is 18.5 Å². The van der Waals surface area contributed by atoms with Crippen LogP contribution in [0.5, 0.6) is 0 Å². The van der Waals surface area contributed by atoms with E-state index in [1.807, 2.05) is 38.1 Å². The maximum absolute atomic E-state index is 12.9. The molecule has 0 bridgehead atoms. The van der Waals surface area contributed by atoms with Crippen molar-refractivity contribution in [3.63, 3.8) is 0 Å². The number of aromatic amines is 1. The lowest BCUT2D eigenvalue weighted by atomic mass is 9.88. The average molecular weight is 490 g/mol. The number of nitrogens with zero attached hydrogens (tertiary/aromatic N) is 2. The van der Waals surface area contributed by atoms with Crippen molar-refractivity contribution >= 4 is 34.3 Å². The fourth-order valence-corrected chi connectivity index (χ4v) is 4.45. The lowest BCUT2D eigenvalue weighted by molar-refractivity contribution is 0.0909. The van der Waals surface area contributed by atoms with Crippen LogP contribution < -0.4 is 10.6 Å². The summed E-state index contributed by atoms with van der Waals surface area (Å²) in [6, 6.07) is 13.7. The van der Waals surface area contributed by atoms with Gasteiger partial charge < -0.3 is 15.6 Å². The van der Waals surface area contributed by atoms with Crippen molar-refractivity contribution in [2.45, 2.75) is 53.1 Å². The van der Waals surface area contributed by atoms with Gasteiger partial charge in [0.25, 0.3) is 11.8 Å². The summed E-state index contributed by atoms with van der Waals surface area (Å²) in [5, 5.41) is 6.12. The smallest absolute Gasteiger partial charge is 0.261 e. The van der Waals surface area contributed by atoms with Crippen LogP contribution in [-0.4, -0.2) is 38.8 Å². The molecular weight excluding hydrogens is 458 g/mol. The average Bonchev–Trinajstić information content (AvgIpc) is 3.46. The highest BCUT2D eigenvalue weighted by molar-refractivity contribution is 7.17. The van der Waals surface area contributed by atoms with E-state index in [-0.39, 0.29) is 29.3 Å². The van der Waals surface area contributed by atoms with Crippen LogP contribution in [0.25, 0.3) is 21.7 Å². The largest absolute Gasteiger partial charge is 0.349 e. The van der Waals surface area contributed by atoms with Crippen molar-refractivity contribution < 1.29 is 9.59 Å². The zero-order valence-corrected chi connectivity index (χ0v) is 21.5. The first-order valence-electron chi connectivity index (χ1n) is 11.7. The molecule has 35 heavy (non-hydrogen) atoms. The second-order valence-electron chi connectivity index (χ2n) is 9.94. The number of thiophene rings is 1. The number of carbonyl (C=O) groups is 2. The van der Waals surface area contributed by atoms with Gasteiger partial charge in [-0.2, -0.15) is 0 Å². The third-order valence-electron chi connectivity index (χ3n) is 6.12. The summed E-state index contributed by atoms with van der Waals surface area (Å²) in [5.74, 6) is -0.305. The van der Waals surface area contributed by atoms with Gasteiger partial charge in [-0.25, -0.2) is 9.97 Å². The van der Waals surface area contributed by atoms with Crippen molar-refractivity contribution in [1.82, 2.24) is 25.6 Å². The first-order chi connectivity index (χ1) is 16.6. The standard InChI is InChI=1S/C27H31N5O2S/c1-16(13-18-9-7-6-8-10-18)30-26(34)22-12-11-21(35-22)20-15-29-24-23(32-20)19(14-28-24)25(33)31-17(2)27(3,4)5/h6-12,14-17H,13H2,1-5H3,(H,28,29)(H,30,34)(H,31,33). The highest BCUT2D eigenvalue weighted by Crippen LogP contribution is 2.28. The Kier molecular flexibility index (Phi) is 7.03. The summed E-state index contributed by atoms with van der Waals surface area (Å²) < 4.78 is 0. The Hall–Kier alpha value is -3.52. The lowest BCUT2D eigenvalue weighted by Crippen LogP contribution is -2.41. The van der Waals surface area contributed by atoms with Gasteiger partial charge in [0.1, 0.15) is 5.52 Å². The molecule has 7 nitrogen and oxygen atoms in total. The Morgan fingerprint density at radius 2 is 1.77 bits per heavy atom. The number of carbonyl (C=O) groups excluding carboxylic acids is 2. The minimum Gasteiger partial charge on any atom is -0.349 e. The van der Waals surface area contributed by atoms with E-state index in [0.717, 1.165) is 11.3 Å². The molecule has 3 aromatic heterocycles. The summed E-state index contributed by atoms with van der Waals surface area (Å²) in [5.41, 5.74) is 3.25. The molecule has 2 amide bonds. The first kappa shape index (κ1) is 24.6. The molecule has 0 aliphatic rings. The maximum atomic E-state index is 12.9. The molecule has 2 atom stereocenters. The Morgan fingerprint density at radius 1 is 1.03 bits per heavy atom. The number of amides is 2. The summed E-state index contributed by atoms with van der Waals surface area (Å²) >= 11 is 1.36. The fourth-order valence-electron chi connectivity index (χ4n) is 3.59. The number of H-pyrrole nitrogens is 1. The quantitative estimate of drug-likeness (QED) is 0.332. The van der Waals surface area contributed by atoms with E-state index in [0.29, 0.717) is 27.3 Å². The Balaban J connectivity index is 1.49. The zero-order valence-electron chi connectivity index (χ0n) is 20.7. The summed E-state index contributed by atoms with van der Waals surface area (Å²) in [6.07, 6.45) is 4.06. The van der Waals surface area contributed by atoms with E-state index in [1.165, 1.54) is 16.9 Å². The first-order valence-corrected chi connectivity index (χ1v) is 12.5. The van der Waals surface area contributed by atoms with Crippen molar-refractivity contribution in [3.05, 3.63) is 70.9 Å². The summed E-state index contributed by atoms with van der Waals surface area (Å²) in [7, 11) is 0. The van der Waals surface area contributed by atoms with E-state index >= 15 is 0 Å². The molecule has 3 N–H and O–H groups in total. The number of benzene rings is 1. The number of aromatic nitrogens is 3. The molecule has 0 spiro atoms. The second kappa shape index (κ2) is 10.00. The van der Waals surface area contributed by atoms with Gasteiger partial charge in [-0.3, -0.25) is 9.59 Å². The van der Waals surface area contributed by atoms with Crippen LogP contribution in [0.1, 0.15) is 60.2 Å². The van der Waals surface area contributed by atoms with Crippen LogP contribution in [-0.2, 0) is 6.42 Å². The molecular formula is C27H31N5O2S. The molecule has 8 heteroatoms. The summed E-state index contributed by atoms with van der Waals surface area (Å²) in [6.45, 7) is 10.2. The molecule has 0 aliphatic carbocycles. The van der Waals surface area contributed by atoms with Gasteiger partial charge in [-0.1, -0.05) is 51.1 Å². The Bertz CT molecular complexity index is 1340. The minimum absolute atomic E-state index is 0.00279. The molecule has 0 aliphatic heterocycles. The molecule has 4 rings (SSSR count). The van der Waals surface area contributed by atoms with Crippen LogP contribution in [0.2, 0.25) is 0 Å². The monoisotopic (exact) mass is 489 g/mol. The van der Waals surface area contributed by atoms with Crippen molar-refractivity contribution in [2.75, 3.05) is 0 Å². The normalized spacial score (nSPS) is 13.4. The van der Waals surface area contributed by atoms with Gasteiger partial charge in [-0.15, -0.1) is 11.3 Å². The highest BCUT2D eigenvalue weighted by Gasteiger charge is 2.24. The SMILES string of the molecule is CC(Cc1ccccc1)NC(=O)c1ccc(-c2cnc3[nH]cc(C(=O)NC(C)C(C)(C)C)c3n2)s1. The highest BCUT2D eigenvalue weighted by atomic mass is 32.1. The number of nitrogens with one attached hydrogen (secondary N) is 3. The van der Waals surface area contributed by atoms with E-state index in [4.69, 9.17) is 4.98 Å². The molecule has 0 fully saturated rings. The van der Waals surface area contributed by atoms with Crippen molar-refractivity contribution in [3.8, 4) is 10.6 Å². The maximum Gasteiger partial charge on any atom is 0.261 e. The third kappa shape index (κ3) is 5.77. The van der Waals surface area contributed by atoms with Crippen LogP contribution in [0, 0.1) is 5.41 Å². The number of hydrogen-bond donors (Lipinski definition) is 3. The minimum atomic E-state index is -0.191. The Labute approximate surface area is 209 Å². The van der Waals surface area contributed by atoms with E-state index in [2.05, 4.69) is 53.5 Å². The fraction of sp³-hybridized carbons (Fsp3) is 0.333. The summed E-state index contributed by atoms with van der Waals surface area (Å²) in [4.78, 5) is 39.3. The van der Waals surface area contributed by atoms with Crippen LogP contribution >= 0.6 is 11.3 Å². The van der Waals surface area contributed by atoms with Crippen LogP contribution in [0.15, 0.2) is 54.9 Å². The molecule has 2 unspecified atom stereocenters. The topological polar surface area (TPSA) is 99.8 Å². The van der Waals surface area contributed by atoms with E-state index < -0.39 is 0 Å². The third-order valence-corrected chi connectivity index (χ3v) is 7.22. The van der Waals surface area contributed by atoms with Gasteiger partial charge in [-0.05, 0) is 43.4 Å². The van der Waals surface area contributed by atoms with Gasteiger partial charge in [0.2, 0.25) is 0 Å². The van der Waals surface area contributed by atoms with Gasteiger partial charge >= 0.3 is 0 Å². The van der Waals surface area contributed by atoms with Gasteiger partial charge in [0.15, 0.2) is 5.65 Å².